The van der Waals surface area contributed by atoms with Crippen LogP contribution in [0.15, 0.2) is 0 Å². The number of fused-ring (bicyclic) bond motifs is 1. The number of ketones is 1. The Balaban J connectivity index is 1.72. The monoisotopic (exact) mass is 344 g/mol. The Hall–Kier alpha value is -1.06. The van der Waals surface area contributed by atoms with Gasteiger partial charge >= 0.3 is 5.97 Å². The predicted molar refractivity (Wildman–Crippen MR) is 78.8 cm³/mol. The summed E-state index contributed by atoms with van der Waals surface area (Å²) in [6.45, 7) is 8.88. The van der Waals surface area contributed by atoms with E-state index in [0.717, 1.165) is 0 Å². The number of carbonyl (C=O) groups is 2. The highest BCUT2D eigenvalue weighted by molar-refractivity contribution is 5.94. The van der Waals surface area contributed by atoms with E-state index in [9.17, 15) is 9.59 Å². The zero-order valence-corrected chi connectivity index (χ0v) is 14.6. The largest absolute Gasteiger partial charge is 0.432 e. The highest BCUT2D eigenvalue weighted by atomic mass is 16.8. The molecule has 3 rings (SSSR count). The number of carbonyl (C=O) groups excluding carboxylic acids is 2. The Morgan fingerprint density at radius 2 is 1.67 bits per heavy atom. The molecule has 5 atom stereocenters. The third-order valence-electron chi connectivity index (χ3n) is 4.08. The maximum Gasteiger partial charge on any atom is 0.315 e. The molecule has 0 unspecified atom stereocenters. The van der Waals surface area contributed by atoms with Gasteiger partial charge in [0.05, 0.1) is 6.61 Å². The summed E-state index contributed by atoms with van der Waals surface area (Å²) in [7, 11) is 0. The predicted octanol–water partition coefficient (Wildman–Crippen LogP) is 0.905. The fourth-order valence-corrected chi connectivity index (χ4v) is 3.24. The zero-order chi connectivity index (χ0) is 17.7. The summed E-state index contributed by atoms with van der Waals surface area (Å²) < 4.78 is 34.3. The van der Waals surface area contributed by atoms with Crippen LogP contribution in [0.2, 0.25) is 0 Å². The third kappa shape index (κ3) is 3.62. The van der Waals surface area contributed by atoms with Crippen LogP contribution in [0.1, 0.15) is 41.0 Å². The summed E-state index contributed by atoms with van der Waals surface area (Å²) in [6, 6.07) is 0. The van der Waals surface area contributed by atoms with Gasteiger partial charge in [-0.05, 0) is 34.6 Å². The maximum absolute atomic E-state index is 11.8. The molecule has 136 valence electrons. The third-order valence-corrected chi connectivity index (χ3v) is 4.08. The van der Waals surface area contributed by atoms with Gasteiger partial charge in [0.1, 0.15) is 30.5 Å². The van der Waals surface area contributed by atoms with E-state index in [1.54, 1.807) is 13.8 Å². The Labute approximate surface area is 140 Å². The first-order chi connectivity index (χ1) is 11.1. The van der Waals surface area contributed by atoms with Gasteiger partial charge < -0.3 is 28.4 Å². The Bertz CT molecular complexity index is 528. The van der Waals surface area contributed by atoms with Crippen molar-refractivity contribution in [1.82, 2.24) is 0 Å². The van der Waals surface area contributed by atoms with Crippen LogP contribution >= 0.6 is 0 Å². The Kier molecular flexibility index (Phi) is 4.46. The van der Waals surface area contributed by atoms with Crippen LogP contribution in [0.4, 0.5) is 0 Å². The average Bonchev–Trinajstić information content (AvgIpc) is 3.01. The lowest BCUT2D eigenvalue weighted by Crippen LogP contribution is -2.40. The van der Waals surface area contributed by atoms with Gasteiger partial charge in [-0.25, -0.2) is 0 Å². The van der Waals surface area contributed by atoms with Gasteiger partial charge in [-0.1, -0.05) is 0 Å². The van der Waals surface area contributed by atoms with Crippen molar-refractivity contribution in [3.8, 4) is 0 Å². The molecule has 0 aromatic rings. The number of Topliss-reactive ketones (excluding diaryl/α,β-unsaturated/α-hetero) is 1. The molecule has 24 heavy (non-hydrogen) atoms. The highest BCUT2D eigenvalue weighted by Crippen LogP contribution is 2.42. The summed E-state index contributed by atoms with van der Waals surface area (Å²) in [5.41, 5.74) is 0. The van der Waals surface area contributed by atoms with E-state index in [4.69, 9.17) is 28.4 Å². The molecule has 0 N–H and O–H groups in total. The van der Waals surface area contributed by atoms with E-state index in [0.29, 0.717) is 6.61 Å². The maximum atomic E-state index is 11.8. The molecular formula is C16H24O8. The van der Waals surface area contributed by atoms with E-state index in [1.807, 2.05) is 13.8 Å². The number of hydrogen-bond acceptors (Lipinski definition) is 8. The molecule has 8 nitrogen and oxygen atoms in total. The smallest absolute Gasteiger partial charge is 0.315 e. The van der Waals surface area contributed by atoms with Gasteiger partial charge in [-0.2, -0.15) is 0 Å². The van der Waals surface area contributed by atoms with Gasteiger partial charge in [0.25, 0.3) is 0 Å². The van der Waals surface area contributed by atoms with E-state index in [-0.39, 0.29) is 18.3 Å². The number of hydrogen-bond donors (Lipinski definition) is 0. The SMILES string of the molecule is CC(=O)CC(=O)O[C@@H]1O[C@H]([C@H]2COC(C)(C)O2)[C@@H]2OC(C)(C)O[C@H]12. The lowest BCUT2D eigenvalue weighted by atomic mass is 10.1. The van der Waals surface area contributed by atoms with Crippen molar-refractivity contribution in [3.63, 3.8) is 0 Å². The molecule has 0 aromatic carbocycles. The molecule has 3 aliphatic heterocycles. The number of esters is 1. The van der Waals surface area contributed by atoms with Crippen molar-refractivity contribution >= 4 is 11.8 Å². The number of ether oxygens (including phenoxy) is 6. The van der Waals surface area contributed by atoms with Crippen LogP contribution in [0.3, 0.4) is 0 Å². The van der Waals surface area contributed by atoms with Crippen LogP contribution in [0.5, 0.6) is 0 Å². The van der Waals surface area contributed by atoms with Crippen LogP contribution < -0.4 is 0 Å². The van der Waals surface area contributed by atoms with Crippen molar-refractivity contribution in [1.29, 1.82) is 0 Å². The van der Waals surface area contributed by atoms with E-state index in [1.165, 1.54) is 6.92 Å². The quantitative estimate of drug-likeness (QED) is 0.549. The average molecular weight is 344 g/mol. The molecule has 0 aliphatic carbocycles. The van der Waals surface area contributed by atoms with Crippen LogP contribution in [0, 0.1) is 0 Å². The van der Waals surface area contributed by atoms with E-state index < -0.39 is 42.1 Å². The normalized spacial score (nSPS) is 39.6. The molecule has 0 bridgehead atoms. The molecule has 3 fully saturated rings. The second-order valence-electron chi connectivity index (χ2n) is 7.27. The summed E-state index contributed by atoms with van der Waals surface area (Å²) in [5, 5.41) is 0. The van der Waals surface area contributed by atoms with Gasteiger partial charge in [0.15, 0.2) is 17.7 Å². The fourth-order valence-electron chi connectivity index (χ4n) is 3.24. The van der Waals surface area contributed by atoms with Gasteiger partial charge in [-0.15, -0.1) is 0 Å². The molecule has 8 heteroatoms. The van der Waals surface area contributed by atoms with Crippen molar-refractivity contribution in [3.05, 3.63) is 0 Å². The van der Waals surface area contributed by atoms with Crippen LogP contribution in [-0.4, -0.2) is 60.6 Å². The molecule has 0 spiro atoms. The van der Waals surface area contributed by atoms with Crippen molar-refractivity contribution in [2.24, 2.45) is 0 Å². The first-order valence-electron chi connectivity index (χ1n) is 8.08. The molecule has 3 heterocycles. The van der Waals surface area contributed by atoms with Crippen molar-refractivity contribution in [2.45, 2.75) is 83.3 Å². The first-order valence-corrected chi connectivity index (χ1v) is 8.08. The molecular weight excluding hydrogens is 320 g/mol. The van der Waals surface area contributed by atoms with Crippen LogP contribution in [0.25, 0.3) is 0 Å². The minimum atomic E-state index is -0.944. The topological polar surface area (TPSA) is 89.5 Å². The molecule has 0 saturated carbocycles. The Morgan fingerprint density at radius 1 is 1.00 bits per heavy atom. The number of rotatable bonds is 4. The first kappa shape index (κ1) is 17.8. The minimum absolute atomic E-state index is 0.274. The van der Waals surface area contributed by atoms with Crippen molar-refractivity contribution < 1.29 is 38.0 Å². The van der Waals surface area contributed by atoms with Crippen LogP contribution in [-0.2, 0) is 38.0 Å². The second kappa shape index (κ2) is 6.03. The Morgan fingerprint density at radius 3 is 2.25 bits per heavy atom. The minimum Gasteiger partial charge on any atom is -0.432 e. The highest BCUT2D eigenvalue weighted by Gasteiger charge is 2.60. The summed E-state index contributed by atoms with van der Waals surface area (Å²) in [6.07, 6.45) is -3.12. The molecule has 3 saturated heterocycles. The van der Waals surface area contributed by atoms with E-state index in [2.05, 4.69) is 0 Å². The zero-order valence-electron chi connectivity index (χ0n) is 14.6. The molecule has 0 aromatic heterocycles. The standard InChI is InChI=1S/C16H24O8/c1-8(17)6-10(18)20-14-13-12(23-16(4,5)24-13)11(21-14)9-7-19-15(2,3)22-9/h9,11-14H,6-7H2,1-5H3/t9-,11-,12+,13+,14-/m1/s1. The second-order valence-corrected chi connectivity index (χ2v) is 7.27. The van der Waals surface area contributed by atoms with Gasteiger partial charge in [0.2, 0.25) is 6.29 Å². The summed E-state index contributed by atoms with van der Waals surface area (Å²) in [4.78, 5) is 22.9. The lowest BCUT2D eigenvalue weighted by Gasteiger charge is -2.26. The summed E-state index contributed by atoms with van der Waals surface area (Å²) in [5.74, 6) is -2.45. The van der Waals surface area contributed by atoms with Gasteiger partial charge in [0, 0.05) is 0 Å². The molecule has 0 radical (unpaired) electrons. The molecule has 0 amide bonds. The van der Waals surface area contributed by atoms with Gasteiger partial charge in [-0.3, -0.25) is 9.59 Å². The lowest BCUT2D eigenvalue weighted by molar-refractivity contribution is -0.244. The summed E-state index contributed by atoms with van der Waals surface area (Å²) >= 11 is 0. The fraction of sp³-hybridized carbons (Fsp3) is 0.875. The van der Waals surface area contributed by atoms with E-state index >= 15 is 0 Å². The molecule has 3 aliphatic rings. The van der Waals surface area contributed by atoms with Crippen molar-refractivity contribution in [2.75, 3.05) is 6.61 Å².